The van der Waals surface area contributed by atoms with E-state index in [2.05, 4.69) is 11.4 Å². The number of amides is 1. The predicted octanol–water partition coefficient (Wildman–Crippen LogP) is 2.67. The smallest absolute Gasteiger partial charge is 0.251 e. The van der Waals surface area contributed by atoms with Crippen molar-refractivity contribution >= 4 is 5.91 Å². The van der Waals surface area contributed by atoms with Crippen molar-refractivity contribution in [2.75, 3.05) is 0 Å². The fraction of sp³-hybridized carbons (Fsp3) is 0.429. The lowest BCUT2D eigenvalue weighted by Crippen LogP contribution is -2.34. The van der Waals surface area contributed by atoms with Crippen LogP contribution < -0.4 is 5.32 Å². The maximum absolute atomic E-state index is 12.0. The van der Waals surface area contributed by atoms with Gasteiger partial charge >= 0.3 is 0 Å². The number of rotatable bonds is 5. The molecule has 1 aromatic rings. The van der Waals surface area contributed by atoms with Crippen LogP contribution in [0.5, 0.6) is 0 Å². The third-order valence-electron chi connectivity index (χ3n) is 2.81. The van der Waals surface area contributed by atoms with Crippen molar-refractivity contribution in [2.24, 2.45) is 0 Å². The van der Waals surface area contributed by atoms with Gasteiger partial charge in [-0.05, 0) is 24.5 Å². The summed E-state index contributed by atoms with van der Waals surface area (Å²) in [5.41, 5.74) is 1.75. The second-order valence-electron chi connectivity index (χ2n) is 3.95. The fourth-order valence-electron chi connectivity index (χ4n) is 1.72. The predicted molar refractivity (Wildman–Crippen MR) is 67.6 cm³/mol. The summed E-state index contributed by atoms with van der Waals surface area (Å²) in [6.45, 7) is 3.99. The number of hydrogen-bond donors (Lipinski definition) is 1. The maximum Gasteiger partial charge on any atom is 0.251 e. The van der Waals surface area contributed by atoms with Crippen LogP contribution in [0, 0.1) is 11.3 Å². The number of aryl methyl sites for hydroxylation is 1. The first-order valence-electron chi connectivity index (χ1n) is 5.98. The van der Waals surface area contributed by atoms with Gasteiger partial charge in [0.1, 0.15) is 0 Å². The minimum absolute atomic E-state index is 0.0580. The molecule has 1 amide bonds. The first-order chi connectivity index (χ1) is 8.22. The monoisotopic (exact) mass is 230 g/mol. The molecule has 1 unspecified atom stereocenters. The molecule has 0 spiro atoms. The molecule has 0 saturated heterocycles. The van der Waals surface area contributed by atoms with E-state index in [0.717, 1.165) is 18.4 Å². The van der Waals surface area contributed by atoms with Crippen molar-refractivity contribution in [1.29, 1.82) is 5.26 Å². The van der Waals surface area contributed by atoms with Gasteiger partial charge in [0.2, 0.25) is 0 Å². The van der Waals surface area contributed by atoms with Crippen LogP contribution in [-0.2, 0) is 6.42 Å². The normalized spacial score (nSPS) is 11.6. The first kappa shape index (κ1) is 13.2. The summed E-state index contributed by atoms with van der Waals surface area (Å²) >= 11 is 0. The van der Waals surface area contributed by atoms with E-state index in [1.807, 2.05) is 38.1 Å². The van der Waals surface area contributed by atoms with Crippen LogP contribution in [0.4, 0.5) is 0 Å². The van der Waals surface area contributed by atoms with Crippen LogP contribution in [-0.4, -0.2) is 11.9 Å². The van der Waals surface area contributed by atoms with E-state index in [0.29, 0.717) is 12.0 Å². The Balaban J connectivity index is 2.79. The summed E-state index contributed by atoms with van der Waals surface area (Å²) in [4.78, 5) is 12.0. The molecule has 0 radical (unpaired) electrons. The fourth-order valence-corrected chi connectivity index (χ4v) is 1.72. The maximum atomic E-state index is 12.0. The van der Waals surface area contributed by atoms with Crippen LogP contribution in [0.25, 0.3) is 0 Å². The van der Waals surface area contributed by atoms with E-state index >= 15 is 0 Å². The molecule has 17 heavy (non-hydrogen) atoms. The number of carbonyl (C=O) groups is 1. The highest BCUT2D eigenvalue weighted by Gasteiger charge is 2.13. The van der Waals surface area contributed by atoms with E-state index in [4.69, 9.17) is 5.26 Å². The molecule has 1 rings (SSSR count). The molecule has 0 aromatic heterocycles. The van der Waals surface area contributed by atoms with Gasteiger partial charge in [-0.3, -0.25) is 4.79 Å². The average molecular weight is 230 g/mol. The molecule has 90 valence electrons. The van der Waals surface area contributed by atoms with Crippen LogP contribution in [0.3, 0.4) is 0 Å². The number of nitriles is 1. The Kier molecular flexibility index (Phi) is 5.22. The van der Waals surface area contributed by atoms with Crippen molar-refractivity contribution in [2.45, 2.75) is 39.2 Å². The van der Waals surface area contributed by atoms with Crippen LogP contribution in [0.15, 0.2) is 24.3 Å². The van der Waals surface area contributed by atoms with Crippen molar-refractivity contribution < 1.29 is 4.79 Å². The van der Waals surface area contributed by atoms with Crippen molar-refractivity contribution in [1.82, 2.24) is 5.32 Å². The van der Waals surface area contributed by atoms with Gasteiger partial charge in [-0.1, -0.05) is 32.0 Å². The zero-order chi connectivity index (χ0) is 12.7. The lowest BCUT2D eigenvalue weighted by atomic mass is 10.0. The van der Waals surface area contributed by atoms with E-state index in [1.165, 1.54) is 0 Å². The van der Waals surface area contributed by atoms with Crippen molar-refractivity contribution in [3.05, 3.63) is 35.4 Å². The number of nitrogens with zero attached hydrogens (tertiary/aromatic N) is 1. The van der Waals surface area contributed by atoms with Gasteiger partial charge in [-0.2, -0.15) is 5.26 Å². The zero-order valence-corrected chi connectivity index (χ0v) is 10.4. The third-order valence-corrected chi connectivity index (χ3v) is 2.81. The number of hydrogen-bond acceptors (Lipinski definition) is 2. The molecule has 1 atom stereocenters. The Labute approximate surface area is 102 Å². The molecular formula is C14H18N2O. The number of benzene rings is 1. The molecule has 3 heteroatoms. The molecular weight excluding hydrogens is 212 g/mol. The topological polar surface area (TPSA) is 52.9 Å². The zero-order valence-electron chi connectivity index (χ0n) is 10.4. The second kappa shape index (κ2) is 6.70. The number of carbonyl (C=O) groups excluding carboxylic acids is 1. The molecule has 0 heterocycles. The minimum Gasteiger partial charge on any atom is -0.348 e. The Hall–Kier alpha value is -1.82. The molecule has 1 N–H and O–H groups in total. The first-order valence-corrected chi connectivity index (χ1v) is 5.98. The lowest BCUT2D eigenvalue weighted by Gasteiger charge is -2.15. The summed E-state index contributed by atoms with van der Waals surface area (Å²) in [5, 5.41) is 11.5. The third kappa shape index (κ3) is 3.60. The molecule has 0 aliphatic heterocycles. The van der Waals surface area contributed by atoms with Gasteiger partial charge in [0, 0.05) is 11.6 Å². The molecule has 0 fully saturated rings. The Morgan fingerprint density at radius 3 is 2.71 bits per heavy atom. The Bertz CT molecular complexity index is 420. The summed E-state index contributed by atoms with van der Waals surface area (Å²) in [6, 6.07) is 9.61. The molecule has 0 aliphatic rings. The summed E-state index contributed by atoms with van der Waals surface area (Å²) in [7, 11) is 0. The largest absolute Gasteiger partial charge is 0.348 e. The second-order valence-corrected chi connectivity index (χ2v) is 3.95. The summed E-state index contributed by atoms with van der Waals surface area (Å²) in [6.07, 6.45) is 1.96. The van der Waals surface area contributed by atoms with Gasteiger partial charge in [-0.15, -0.1) is 0 Å². The van der Waals surface area contributed by atoms with Gasteiger partial charge in [-0.25, -0.2) is 0 Å². The van der Waals surface area contributed by atoms with Crippen LogP contribution in [0.2, 0.25) is 0 Å². The Morgan fingerprint density at radius 1 is 1.41 bits per heavy atom. The molecule has 1 aromatic carbocycles. The van der Waals surface area contributed by atoms with E-state index in [1.54, 1.807) is 0 Å². The highest BCUT2D eigenvalue weighted by molar-refractivity contribution is 5.95. The van der Waals surface area contributed by atoms with Gasteiger partial charge in [0.15, 0.2) is 0 Å². The van der Waals surface area contributed by atoms with Crippen LogP contribution in [0.1, 0.15) is 42.6 Å². The van der Waals surface area contributed by atoms with E-state index in [9.17, 15) is 4.79 Å². The summed E-state index contributed by atoms with van der Waals surface area (Å²) < 4.78 is 0. The summed E-state index contributed by atoms with van der Waals surface area (Å²) in [5.74, 6) is -0.0791. The van der Waals surface area contributed by atoms with Gasteiger partial charge < -0.3 is 5.32 Å². The highest BCUT2D eigenvalue weighted by Crippen LogP contribution is 2.10. The SMILES string of the molecule is CCc1ccccc1C(=O)NC(CC)CC#N. The van der Waals surface area contributed by atoms with E-state index < -0.39 is 0 Å². The quantitative estimate of drug-likeness (QED) is 0.845. The Morgan fingerprint density at radius 2 is 2.12 bits per heavy atom. The van der Waals surface area contributed by atoms with E-state index in [-0.39, 0.29) is 11.9 Å². The lowest BCUT2D eigenvalue weighted by molar-refractivity contribution is 0.0935. The van der Waals surface area contributed by atoms with Gasteiger partial charge in [0.25, 0.3) is 5.91 Å². The highest BCUT2D eigenvalue weighted by atomic mass is 16.1. The van der Waals surface area contributed by atoms with Gasteiger partial charge in [0.05, 0.1) is 12.5 Å². The van der Waals surface area contributed by atoms with Crippen molar-refractivity contribution in [3.8, 4) is 6.07 Å². The average Bonchev–Trinajstić information content (AvgIpc) is 2.38. The molecule has 0 aliphatic carbocycles. The molecule has 0 bridgehead atoms. The number of nitrogens with one attached hydrogen (secondary N) is 1. The molecule has 3 nitrogen and oxygen atoms in total. The minimum atomic E-state index is -0.0791. The standard InChI is InChI=1S/C14H18N2O/c1-3-11-7-5-6-8-13(11)14(17)16-12(4-2)9-10-15/h5-8,12H,3-4,9H2,1-2H3,(H,16,17). The molecule has 0 saturated carbocycles. The van der Waals surface area contributed by atoms with Crippen molar-refractivity contribution in [3.63, 3.8) is 0 Å². The van der Waals surface area contributed by atoms with Crippen LogP contribution >= 0.6 is 0 Å².